The van der Waals surface area contributed by atoms with Crippen molar-refractivity contribution in [3.8, 4) is 5.75 Å². The van der Waals surface area contributed by atoms with Crippen molar-refractivity contribution in [2.24, 2.45) is 0 Å². The quantitative estimate of drug-likeness (QED) is 0.604. The zero-order valence-corrected chi connectivity index (χ0v) is 20.3. The average Bonchev–Trinajstić information content (AvgIpc) is 3.23. The monoisotopic (exact) mass is 471 g/mol. The van der Waals surface area contributed by atoms with Crippen LogP contribution in [0.2, 0.25) is 0 Å². The summed E-state index contributed by atoms with van der Waals surface area (Å²) in [7, 11) is 3.41. The predicted octanol–water partition coefficient (Wildman–Crippen LogP) is 4.48. The van der Waals surface area contributed by atoms with Crippen LogP contribution in [0.15, 0.2) is 48.5 Å². The summed E-state index contributed by atoms with van der Waals surface area (Å²) >= 11 is 0. The van der Waals surface area contributed by atoms with Crippen LogP contribution in [-0.2, 0) is 6.42 Å². The second kappa shape index (κ2) is 11.5. The van der Waals surface area contributed by atoms with Crippen LogP contribution in [0.25, 0.3) is 0 Å². The molecule has 0 aromatic heterocycles. The lowest BCUT2D eigenvalue weighted by molar-refractivity contribution is 0.0952. The molecule has 4 rings (SSSR count). The third kappa shape index (κ3) is 5.87. The maximum atomic E-state index is 12.1. The minimum absolute atomic E-state index is 0. The van der Waals surface area contributed by atoms with Crippen LogP contribution in [0.3, 0.4) is 0 Å². The van der Waals surface area contributed by atoms with Gasteiger partial charge in [-0.15, -0.1) is 12.4 Å². The maximum Gasteiger partial charge on any atom is 0.414 e. The second-order valence-corrected chi connectivity index (χ2v) is 8.95. The molecule has 178 valence electrons. The van der Waals surface area contributed by atoms with Crippen LogP contribution in [0.5, 0.6) is 5.75 Å². The molecule has 0 spiro atoms. The van der Waals surface area contributed by atoms with Gasteiger partial charge in [-0.1, -0.05) is 30.3 Å². The standard InChI is InChI=1S/C26H33N3O3.ClH/c1-28(2)26(31)32-24-12-8-11-20-21-15-18-29(23(21)14-13-22(20)24)17-7-6-16-27-25(30)19-9-4-3-5-10-19;/h3-5,8-12,21,23H,6-7,13-18H2,1-2H3,(H,27,30);1H. The molecule has 0 radical (unpaired) electrons. The zero-order valence-electron chi connectivity index (χ0n) is 19.5. The molecule has 2 aromatic carbocycles. The van der Waals surface area contributed by atoms with Crippen molar-refractivity contribution in [1.82, 2.24) is 15.1 Å². The number of ether oxygens (including phenoxy) is 1. The van der Waals surface area contributed by atoms with Crippen LogP contribution >= 0.6 is 12.4 Å². The summed E-state index contributed by atoms with van der Waals surface area (Å²) in [5, 5.41) is 3.02. The van der Waals surface area contributed by atoms with Crippen LogP contribution < -0.4 is 10.1 Å². The molecule has 0 saturated carbocycles. The molecule has 2 unspecified atom stereocenters. The molecule has 2 amide bonds. The van der Waals surface area contributed by atoms with Gasteiger partial charge in [-0.3, -0.25) is 9.69 Å². The van der Waals surface area contributed by atoms with Gasteiger partial charge >= 0.3 is 6.09 Å². The number of likely N-dealkylation sites (tertiary alicyclic amines) is 1. The number of unbranched alkanes of at least 4 members (excludes halogenated alkanes) is 1. The molecule has 0 bridgehead atoms. The van der Waals surface area contributed by atoms with Crippen LogP contribution in [0.1, 0.15) is 53.1 Å². The second-order valence-electron chi connectivity index (χ2n) is 8.95. The highest BCUT2D eigenvalue weighted by molar-refractivity contribution is 5.94. The fraction of sp³-hybridized carbons (Fsp3) is 0.462. The summed E-state index contributed by atoms with van der Waals surface area (Å²) in [5.74, 6) is 1.23. The van der Waals surface area contributed by atoms with Gasteiger partial charge in [0.15, 0.2) is 0 Å². The molecular weight excluding hydrogens is 438 g/mol. The van der Waals surface area contributed by atoms with Crippen molar-refractivity contribution in [2.75, 3.05) is 33.7 Å². The van der Waals surface area contributed by atoms with E-state index in [1.807, 2.05) is 42.5 Å². The van der Waals surface area contributed by atoms with Gasteiger partial charge in [-0.25, -0.2) is 4.79 Å². The molecule has 2 atom stereocenters. The van der Waals surface area contributed by atoms with Crippen molar-refractivity contribution >= 4 is 24.4 Å². The number of nitrogens with one attached hydrogen (secondary N) is 1. The van der Waals surface area contributed by atoms with Crippen molar-refractivity contribution < 1.29 is 14.3 Å². The number of fused-ring (bicyclic) bond motifs is 3. The molecule has 1 aliphatic carbocycles. The zero-order chi connectivity index (χ0) is 22.5. The highest BCUT2D eigenvalue weighted by atomic mass is 35.5. The van der Waals surface area contributed by atoms with Crippen molar-refractivity contribution in [3.05, 3.63) is 65.2 Å². The van der Waals surface area contributed by atoms with E-state index in [-0.39, 0.29) is 24.4 Å². The number of hydrogen-bond acceptors (Lipinski definition) is 4. The highest BCUT2D eigenvalue weighted by Crippen LogP contribution is 2.44. The van der Waals surface area contributed by atoms with Gasteiger partial charge in [-0.2, -0.15) is 0 Å². The number of benzene rings is 2. The molecule has 1 N–H and O–H groups in total. The smallest absolute Gasteiger partial charge is 0.410 e. The molecule has 2 aromatic rings. The maximum absolute atomic E-state index is 12.1. The Bertz CT molecular complexity index is 951. The van der Waals surface area contributed by atoms with Gasteiger partial charge in [0.05, 0.1) is 0 Å². The van der Waals surface area contributed by atoms with Crippen LogP contribution in [-0.4, -0.2) is 61.6 Å². The summed E-state index contributed by atoms with van der Waals surface area (Å²) in [6.45, 7) is 2.87. The van der Waals surface area contributed by atoms with Gasteiger partial charge in [0, 0.05) is 38.2 Å². The number of amides is 2. The minimum atomic E-state index is -0.326. The van der Waals surface area contributed by atoms with E-state index in [1.165, 1.54) is 16.0 Å². The molecule has 1 fully saturated rings. The van der Waals surface area contributed by atoms with Crippen molar-refractivity contribution in [3.63, 3.8) is 0 Å². The van der Waals surface area contributed by atoms with E-state index in [0.717, 1.165) is 45.2 Å². The molecule has 7 heteroatoms. The van der Waals surface area contributed by atoms with E-state index >= 15 is 0 Å². The third-order valence-corrected chi connectivity index (χ3v) is 6.68. The van der Waals surface area contributed by atoms with E-state index in [0.29, 0.717) is 29.8 Å². The van der Waals surface area contributed by atoms with Crippen LogP contribution in [0, 0.1) is 0 Å². The summed E-state index contributed by atoms with van der Waals surface area (Å²) in [6, 6.07) is 16.1. The number of hydrogen-bond donors (Lipinski definition) is 1. The Hall–Kier alpha value is -2.57. The Morgan fingerprint density at radius 3 is 2.61 bits per heavy atom. The summed E-state index contributed by atoms with van der Waals surface area (Å²) in [5.41, 5.74) is 3.27. The normalized spacial score (nSPS) is 19.1. The predicted molar refractivity (Wildman–Crippen MR) is 132 cm³/mol. The van der Waals surface area contributed by atoms with E-state index < -0.39 is 0 Å². The third-order valence-electron chi connectivity index (χ3n) is 6.68. The van der Waals surface area contributed by atoms with Crippen LogP contribution in [0.4, 0.5) is 4.79 Å². The topological polar surface area (TPSA) is 61.9 Å². The van der Waals surface area contributed by atoms with Gasteiger partial charge in [0.2, 0.25) is 0 Å². The SMILES string of the molecule is CN(C)C(=O)Oc1cccc2c1CCC1C2CCN1CCCCNC(=O)c1ccccc1.Cl. The molecule has 2 aliphatic rings. The highest BCUT2D eigenvalue weighted by Gasteiger charge is 2.39. The number of carbonyl (C=O) groups excluding carboxylic acids is 2. The Labute approximate surface area is 202 Å². The number of carbonyl (C=O) groups is 2. The van der Waals surface area contributed by atoms with Gasteiger partial charge in [0.1, 0.15) is 5.75 Å². The fourth-order valence-electron chi connectivity index (χ4n) is 5.05. The molecule has 1 aliphatic heterocycles. The largest absolute Gasteiger partial charge is 0.414 e. The first-order valence-electron chi connectivity index (χ1n) is 11.6. The van der Waals surface area contributed by atoms with E-state index in [2.05, 4.69) is 16.3 Å². The number of halogens is 1. The lowest BCUT2D eigenvalue weighted by Crippen LogP contribution is -2.36. The van der Waals surface area contributed by atoms with E-state index in [9.17, 15) is 9.59 Å². The summed E-state index contributed by atoms with van der Waals surface area (Å²) in [6.07, 6.45) is 4.91. The Morgan fingerprint density at radius 2 is 1.85 bits per heavy atom. The Morgan fingerprint density at radius 1 is 1.06 bits per heavy atom. The van der Waals surface area contributed by atoms with Crippen molar-refractivity contribution in [1.29, 1.82) is 0 Å². The first-order valence-corrected chi connectivity index (χ1v) is 11.6. The van der Waals surface area contributed by atoms with Gasteiger partial charge in [-0.05, 0) is 74.5 Å². The van der Waals surface area contributed by atoms with Crippen molar-refractivity contribution in [2.45, 2.75) is 44.1 Å². The lowest BCUT2D eigenvalue weighted by atomic mass is 9.79. The Balaban J connectivity index is 0.00000306. The minimum Gasteiger partial charge on any atom is -0.410 e. The summed E-state index contributed by atoms with van der Waals surface area (Å²) in [4.78, 5) is 28.3. The lowest BCUT2D eigenvalue weighted by Gasteiger charge is -2.34. The number of nitrogens with zero attached hydrogens (tertiary/aromatic N) is 2. The van der Waals surface area contributed by atoms with E-state index in [4.69, 9.17) is 4.74 Å². The molecular formula is C26H34ClN3O3. The molecule has 1 saturated heterocycles. The first-order chi connectivity index (χ1) is 15.5. The fourth-order valence-corrected chi connectivity index (χ4v) is 5.05. The van der Waals surface area contributed by atoms with E-state index in [1.54, 1.807) is 14.1 Å². The Kier molecular flexibility index (Phi) is 8.75. The number of rotatable bonds is 7. The molecule has 1 heterocycles. The summed E-state index contributed by atoms with van der Waals surface area (Å²) < 4.78 is 5.63. The van der Waals surface area contributed by atoms with Gasteiger partial charge < -0.3 is 15.0 Å². The molecule has 33 heavy (non-hydrogen) atoms. The average molecular weight is 472 g/mol. The van der Waals surface area contributed by atoms with Gasteiger partial charge in [0.25, 0.3) is 5.91 Å². The first kappa shape index (κ1) is 25.1. The molecule has 6 nitrogen and oxygen atoms in total.